The van der Waals surface area contributed by atoms with Gasteiger partial charge in [-0.05, 0) is 31.3 Å². The van der Waals surface area contributed by atoms with Crippen molar-refractivity contribution < 1.29 is 9.53 Å². The van der Waals surface area contributed by atoms with E-state index in [1.54, 1.807) is 20.2 Å². The summed E-state index contributed by atoms with van der Waals surface area (Å²) in [6, 6.07) is 7.38. The Hall–Kier alpha value is -3.33. The molecule has 9 heteroatoms. The summed E-state index contributed by atoms with van der Waals surface area (Å²) in [6.07, 6.45) is 1.89. The molecule has 0 radical (unpaired) electrons. The van der Waals surface area contributed by atoms with Crippen LogP contribution >= 0.6 is 0 Å². The van der Waals surface area contributed by atoms with Crippen LogP contribution in [0.2, 0.25) is 0 Å². The standard InChI is InChI=1S/C20H25N7O2/c1-22-18-17-14(23-20(21)24-18)6-7-27(17)15-5-4-13(12-16(15)29-3)19(28)26-10-8-25(2)9-11-26/h4-7,12H,8-11H2,1-3H3,(H3,21,22,23,24). The molecule has 1 saturated heterocycles. The Bertz CT molecular complexity index is 1050. The lowest BCUT2D eigenvalue weighted by molar-refractivity contribution is 0.0664. The number of amides is 1. The van der Waals surface area contributed by atoms with Gasteiger partial charge in [0.15, 0.2) is 5.82 Å². The van der Waals surface area contributed by atoms with E-state index < -0.39 is 0 Å². The van der Waals surface area contributed by atoms with Crippen LogP contribution < -0.4 is 15.8 Å². The zero-order valence-electron chi connectivity index (χ0n) is 16.8. The number of nitrogens with one attached hydrogen (secondary N) is 1. The Kier molecular flexibility index (Phi) is 4.98. The van der Waals surface area contributed by atoms with Gasteiger partial charge in [-0.25, -0.2) is 4.98 Å². The monoisotopic (exact) mass is 395 g/mol. The number of nitrogen functional groups attached to an aromatic ring is 1. The molecule has 1 aliphatic rings. The summed E-state index contributed by atoms with van der Waals surface area (Å²) in [6.45, 7) is 3.22. The lowest BCUT2D eigenvalue weighted by Gasteiger charge is -2.32. The van der Waals surface area contributed by atoms with Gasteiger partial charge in [0.05, 0.1) is 18.3 Å². The highest BCUT2D eigenvalue weighted by molar-refractivity contribution is 5.95. The Morgan fingerprint density at radius 2 is 1.93 bits per heavy atom. The first-order valence-electron chi connectivity index (χ1n) is 9.50. The van der Waals surface area contributed by atoms with Crippen molar-refractivity contribution in [2.75, 3.05) is 58.4 Å². The lowest BCUT2D eigenvalue weighted by Crippen LogP contribution is -2.47. The van der Waals surface area contributed by atoms with E-state index in [4.69, 9.17) is 10.5 Å². The first-order valence-corrected chi connectivity index (χ1v) is 9.50. The Labute approximate surface area is 169 Å². The molecule has 0 spiro atoms. The van der Waals surface area contributed by atoms with E-state index in [2.05, 4.69) is 27.2 Å². The molecule has 1 aliphatic heterocycles. The van der Waals surface area contributed by atoms with Gasteiger partial charge < -0.3 is 30.2 Å². The van der Waals surface area contributed by atoms with Crippen molar-refractivity contribution in [2.45, 2.75) is 0 Å². The van der Waals surface area contributed by atoms with Crippen LogP contribution in [0.1, 0.15) is 10.4 Å². The molecule has 1 aromatic carbocycles. The highest BCUT2D eigenvalue weighted by atomic mass is 16.5. The van der Waals surface area contributed by atoms with Gasteiger partial charge in [-0.3, -0.25) is 4.79 Å². The molecule has 3 heterocycles. The fourth-order valence-electron chi connectivity index (χ4n) is 3.64. The SMILES string of the molecule is CNc1nc(N)nc2ccn(-c3ccc(C(=O)N4CCN(C)CC4)cc3OC)c12. The first-order chi connectivity index (χ1) is 14.0. The lowest BCUT2D eigenvalue weighted by atomic mass is 10.1. The molecule has 2 aromatic heterocycles. The molecule has 3 aromatic rings. The average molecular weight is 395 g/mol. The molecule has 9 nitrogen and oxygen atoms in total. The summed E-state index contributed by atoms with van der Waals surface area (Å²) in [5.74, 6) is 1.45. The van der Waals surface area contributed by atoms with E-state index >= 15 is 0 Å². The minimum absolute atomic E-state index is 0.0207. The molecule has 3 N–H and O–H groups in total. The second kappa shape index (κ2) is 7.59. The molecular weight excluding hydrogens is 370 g/mol. The Morgan fingerprint density at radius 1 is 1.17 bits per heavy atom. The topological polar surface area (TPSA) is 102 Å². The number of rotatable bonds is 4. The summed E-state index contributed by atoms with van der Waals surface area (Å²) in [5, 5.41) is 3.06. The molecular formula is C20H25N7O2. The van der Waals surface area contributed by atoms with Crippen LogP contribution in [-0.2, 0) is 0 Å². The normalized spacial score (nSPS) is 14.9. The van der Waals surface area contributed by atoms with Gasteiger partial charge in [0.1, 0.15) is 11.3 Å². The number of anilines is 2. The second-order valence-electron chi connectivity index (χ2n) is 7.08. The first kappa shape index (κ1) is 19.0. The number of methoxy groups -OCH3 is 1. The minimum Gasteiger partial charge on any atom is -0.495 e. The summed E-state index contributed by atoms with van der Waals surface area (Å²) in [7, 11) is 5.45. The van der Waals surface area contributed by atoms with E-state index in [0.717, 1.165) is 42.9 Å². The van der Waals surface area contributed by atoms with Crippen molar-refractivity contribution in [3.05, 3.63) is 36.0 Å². The van der Waals surface area contributed by atoms with Gasteiger partial charge in [-0.2, -0.15) is 4.98 Å². The third-order valence-electron chi connectivity index (χ3n) is 5.26. The number of nitrogens with two attached hydrogens (primary N) is 1. The molecule has 0 atom stereocenters. The summed E-state index contributed by atoms with van der Waals surface area (Å²) in [5.41, 5.74) is 8.71. The second-order valence-corrected chi connectivity index (χ2v) is 7.08. The number of hydrogen-bond acceptors (Lipinski definition) is 7. The Morgan fingerprint density at radius 3 is 2.62 bits per heavy atom. The highest BCUT2D eigenvalue weighted by Gasteiger charge is 2.22. The fourth-order valence-corrected chi connectivity index (χ4v) is 3.64. The van der Waals surface area contributed by atoms with Gasteiger partial charge >= 0.3 is 0 Å². The smallest absolute Gasteiger partial charge is 0.254 e. The highest BCUT2D eigenvalue weighted by Crippen LogP contribution is 2.31. The van der Waals surface area contributed by atoms with Crippen LogP contribution in [0.4, 0.5) is 11.8 Å². The third-order valence-corrected chi connectivity index (χ3v) is 5.26. The van der Waals surface area contributed by atoms with Crippen LogP contribution in [0.3, 0.4) is 0 Å². The van der Waals surface area contributed by atoms with Crippen molar-refractivity contribution in [2.24, 2.45) is 0 Å². The maximum absolute atomic E-state index is 12.9. The number of carbonyl (C=O) groups is 1. The van der Waals surface area contributed by atoms with E-state index in [1.807, 2.05) is 33.9 Å². The average Bonchev–Trinajstić information content (AvgIpc) is 3.16. The number of aromatic nitrogens is 3. The number of piperazine rings is 1. The molecule has 0 unspecified atom stereocenters. The van der Waals surface area contributed by atoms with E-state index in [-0.39, 0.29) is 11.9 Å². The summed E-state index contributed by atoms with van der Waals surface area (Å²) >= 11 is 0. The van der Waals surface area contributed by atoms with Crippen LogP contribution in [0.15, 0.2) is 30.5 Å². The van der Waals surface area contributed by atoms with Crippen LogP contribution in [0, 0.1) is 0 Å². The molecule has 0 saturated carbocycles. The molecule has 4 rings (SSSR count). The third kappa shape index (κ3) is 3.44. The van der Waals surface area contributed by atoms with E-state index in [1.165, 1.54) is 0 Å². The number of ether oxygens (including phenoxy) is 1. The van der Waals surface area contributed by atoms with Crippen molar-refractivity contribution in [1.82, 2.24) is 24.3 Å². The Balaban J connectivity index is 1.73. The quantitative estimate of drug-likeness (QED) is 0.689. The molecule has 29 heavy (non-hydrogen) atoms. The maximum Gasteiger partial charge on any atom is 0.254 e. The van der Waals surface area contributed by atoms with Gasteiger partial charge in [0, 0.05) is 45.0 Å². The molecule has 1 fully saturated rings. The van der Waals surface area contributed by atoms with E-state index in [0.29, 0.717) is 17.1 Å². The van der Waals surface area contributed by atoms with Gasteiger partial charge in [0.2, 0.25) is 5.95 Å². The van der Waals surface area contributed by atoms with Gasteiger partial charge in [0.25, 0.3) is 5.91 Å². The largest absolute Gasteiger partial charge is 0.495 e. The van der Waals surface area contributed by atoms with E-state index in [9.17, 15) is 4.79 Å². The zero-order chi connectivity index (χ0) is 20.5. The fraction of sp³-hybridized carbons (Fsp3) is 0.350. The number of carbonyl (C=O) groups excluding carboxylic acids is 1. The van der Waals surface area contributed by atoms with Crippen LogP contribution in [0.25, 0.3) is 16.7 Å². The number of hydrogen-bond donors (Lipinski definition) is 2. The maximum atomic E-state index is 12.9. The van der Waals surface area contributed by atoms with Crippen LogP contribution in [0.5, 0.6) is 5.75 Å². The van der Waals surface area contributed by atoms with Gasteiger partial charge in [-0.15, -0.1) is 0 Å². The molecule has 1 amide bonds. The predicted octanol–water partition coefficient (Wildman–Crippen LogP) is 1.44. The number of benzene rings is 1. The van der Waals surface area contributed by atoms with Crippen molar-refractivity contribution >= 4 is 28.7 Å². The molecule has 0 bridgehead atoms. The van der Waals surface area contributed by atoms with Crippen LogP contribution in [-0.4, -0.2) is 77.6 Å². The zero-order valence-corrected chi connectivity index (χ0v) is 16.8. The molecule has 152 valence electrons. The number of fused-ring (bicyclic) bond motifs is 1. The summed E-state index contributed by atoms with van der Waals surface area (Å²) < 4.78 is 7.56. The number of likely N-dealkylation sites (N-methyl/N-ethyl adjacent to an activating group) is 1. The minimum atomic E-state index is 0.0207. The van der Waals surface area contributed by atoms with Crippen molar-refractivity contribution in [3.8, 4) is 11.4 Å². The number of nitrogens with zero attached hydrogens (tertiary/aromatic N) is 5. The summed E-state index contributed by atoms with van der Waals surface area (Å²) in [4.78, 5) is 25.6. The van der Waals surface area contributed by atoms with Gasteiger partial charge in [-0.1, -0.05) is 0 Å². The predicted molar refractivity (Wildman–Crippen MR) is 113 cm³/mol. The van der Waals surface area contributed by atoms with Crippen molar-refractivity contribution in [3.63, 3.8) is 0 Å². The van der Waals surface area contributed by atoms with Crippen molar-refractivity contribution in [1.29, 1.82) is 0 Å². The molecule has 0 aliphatic carbocycles.